The number of nitrogens with zero attached hydrogens (tertiary/aromatic N) is 4. The first-order valence-electron chi connectivity index (χ1n) is 7.73. The summed E-state index contributed by atoms with van der Waals surface area (Å²) < 4.78 is 1.51. The highest BCUT2D eigenvalue weighted by molar-refractivity contribution is 6.32. The van der Waals surface area contributed by atoms with Gasteiger partial charge in [-0.3, -0.25) is 9.69 Å². The predicted molar refractivity (Wildman–Crippen MR) is 88.9 cm³/mol. The van der Waals surface area contributed by atoms with E-state index in [1.807, 2.05) is 18.2 Å². The number of carbonyl (C=O) groups excluding carboxylic acids is 1. The van der Waals surface area contributed by atoms with E-state index >= 15 is 0 Å². The largest absolute Gasteiger partial charge is 0.349 e. The summed E-state index contributed by atoms with van der Waals surface area (Å²) in [6.07, 6.45) is 4.09. The van der Waals surface area contributed by atoms with E-state index in [4.69, 9.17) is 11.6 Å². The summed E-state index contributed by atoms with van der Waals surface area (Å²) >= 11 is 6.13. The van der Waals surface area contributed by atoms with Gasteiger partial charge in [-0.05, 0) is 38.9 Å². The van der Waals surface area contributed by atoms with Crippen molar-refractivity contribution in [2.75, 3.05) is 13.6 Å². The Morgan fingerprint density at radius 2 is 2.22 bits per heavy atom. The molecule has 0 aliphatic heterocycles. The van der Waals surface area contributed by atoms with Crippen LogP contribution in [0.3, 0.4) is 0 Å². The van der Waals surface area contributed by atoms with Crippen LogP contribution in [-0.4, -0.2) is 51.5 Å². The summed E-state index contributed by atoms with van der Waals surface area (Å²) in [4.78, 5) is 14.5. The lowest BCUT2D eigenvalue weighted by molar-refractivity contribution is 0.0934. The molecule has 1 saturated carbocycles. The zero-order valence-electron chi connectivity index (χ0n) is 13.2. The van der Waals surface area contributed by atoms with Crippen molar-refractivity contribution in [3.8, 4) is 5.69 Å². The van der Waals surface area contributed by atoms with Gasteiger partial charge in [0.05, 0.1) is 16.9 Å². The summed E-state index contributed by atoms with van der Waals surface area (Å²) in [5.74, 6) is -0.223. The number of nitrogens with one attached hydrogen (secondary N) is 1. The molecule has 0 radical (unpaired) electrons. The van der Waals surface area contributed by atoms with Gasteiger partial charge in [0.2, 0.25) is 0 Å². The molecule has 1 aromatic carbocycles. The molecule has 1 N–H and O–H groups in total. The average molecular weight is 334 g/mol. The Balaban J connectivity index is 1.61. The molecule has 23 heavy (non-hydrogen) atoms. The highest BCUT2D eigenvalue weighted by Gasteiger charge is 2.29. The minimum Gasteiger partial charge on any atom is -0.349 e. The number of likely N-dealkylation sites (N-methyl/N-ethyl adjacent to an activating group) is 1. The van der Waals surface area contributed by atoms with Gasteiger partial charge < -0.3 is 5.32 Å². The van der Waals surface area contributed by atoms with E-state index in [0.717, 1.165) is 0 Å². The highest BCUT2D eigenvalue weighted by atomic mass is 35.5. The van der Waals surface area contributed by atoms with Gasteiger partial charge in [-0.15, -0.1) is 5.10 Å². The number of aromatic nitrogens is 3. The standard InChI is InChI=1S/C16H20ClN5O/c1-11(21(2)12-7-8-12)9-18-16(23)14-10-22(20-19-14)15-6-4-3-5-13(15)17/h3-6,10-12H,7-9H2,1-2H3,(H,18,23)/t11-/m1/s1. The number of hydrogen-bond acceptors (Lipinski definition) is 4. The fourth-order valence-corrected chi connectivity index (χ4v) is 2.66. The molecular formula is C16H20ClN5O. The van der Waals surface area contributed by atoms with Gasteiger partial charge >= 0.3 is 0 Å². The maximum absolute atomic E-state index is 12.2. The molecular weight excluding hydrogens is 314 g/mol. The molecule has 0 spiro atoms. The Bertz CT molecular complexity index is 697. The molecule has 0 unspecified atom stereocenters. The molecule has 1 atom stereocenters. The SMILES string of the molecule is C[C@H](CNC(=O)c1cn(-c2ccccc2Cl)nn1)N(C)C1CC1. The monoisotopic (exact) mass is 333 g/mol. The molecule has 1 aliphatic rings. The number of para-hydroxylation sites is 1. The van der Waals surface area contributed by atoms with Crippen LogP contribution in [0.1, 0.15) is 30.3 Å². The van der Waals surface area contributed by atoms with Gasteiger partial charge in [0, 0.05) is 18.6 Å². The Hall–Kier alpha value is -1.92. The Kier molecular flexibility index (Phi) is 4.63. The Morgan fingerprint density at radius 1 is 1.48 bits per heavy atom. The fourth-order valence-electron chi connectivity index (χ4n) is 2.44. The van der Waals surface area contributed by atoms with E-state index in [9.17, 15) is 4.79 Å². The number of halogens is 1. The third kappa shape index (κ3) is 3.71. The second-order valence-corrected chi connectivity index (χ2v) is 6.36. The van der Waals surface area contributed by atoms with E-state index in [1.54, 1.807) is 12.3 Å². The Labute approximate surface area is 140 Å². The van der Waals surface area contributed by atoms with Crippen molar-refractivity contribution in [1.29, 1.82) is 0 Å². The second kappa shape index (κ2) is 6.68. The first kappa shape index (κ1) is 16.0. The van der Waals surface area contributed by atoms with Crippen LogP contribution in [-0.2, 0) is 0 Å². The summed E-state index contributed by atoms with van der Waals surface area (Å²) in [7, 11) is 2.10. The van der Waals surface area contributed by atoms with E-state index in [0.29, 0.717) is 29.3 Å². The summed E-state index contributed by atoms with van der Waals surface area (Å²) in [6.45, 7) is 2.70. The third-order valence-corrected chi connectivity index (χ3v) is 4.52. The van der Waals surface area contributed by atoms with Crippen molar-refractivity contribution in [2.24, 2.45) is 0 Å². The molecule has 1 amide bonds. The van der Waals surface area contributed by atoms with Gasteiger partial charge in [0.25, 0.3) is 5.91 Å². The lowest BCUT2D eigenvalue weighted by atomic mass is 10.3. The van der Waals surface area contributed by atoms with E-state index in [2.05, 4.69) is 34.5 Å². The number of hydrogen-bond donors (Lipinski definition) is 1. The first-order valence-corrected chi connectivity index (χ1v) is 8.11. The summed E-state index contributed by atoms with van der Waals surface area (Å²) in [5, 5.41) is 11.4. The van der Waals surface area contributed by atoms with Gasteiger partial charge in [-0.1, -0.05) is 28.9 Å². The van der Waals surface area contributed by atoms with Gasteiger partial charge in [0.15, 0.2) is 5.69 Å². The van der Waals surface area contributed by atoms with Crippen molar-refractivity contribution >= 4 is 17.5 Å². The van der Waals surface area contributed by atoms with Crippen LogP contribution in [0.2, 0.25) is 5.02 Å². The smallest absolute Gasteiger partial charge is 0.273 e. The number of amides is 1. The van der Waals surface area contributed by atoms with Crippen molar-refractivity contribution in [1.82, 2.24) is 25.2 Å². The topological polar surface area (TPSA) is 63.1 Å². The fraction of sp³-hybridized carbons (Fsp3) is 0.438. The van der Waals surface area contributed by atoms with Crippen molar-refractivity contribution < 1.29 is 4.79 Å². The van der Waals surface area contributed by atoms with Crippen LogP contribution >= 0.6 is 11.6 Å². The minimum absolute atomic E-state index is 0.223. The Morgan fingerprint density at radius 3 is 2.91 bits per heavy atom. The van der Waals surface area contributed by atoms with Crippen LogP contribution in [0.15, 0.2) is 30.5 Å². The molecule has 1 heterocycles. The zero-order chi connectivity index (χ0) is 16.4. The van der Waals surface area contributed by atoms with Crippen molar-refractivity contribution in [2.45, 2.75) is 31.8 Å². The van der Waals surface area contributed by atoms with Crippen LogP contribution in [0.4, 0.5) is 0 Å². The summed E-state index contributed by atoms with van der Waals surface area (Å²) in [5.41, 5.74) is 0.980. The normalized spacial score (nSPS) is 15.7. The van der Waals surface area contributed by atoms with Crippen molar-refractivity contribution in [3.05, 3.63) is 41.2 Å². The maximum atomic E-state index is 12.2. The molecule has 2 aromatic rings. The van der Waals surface area contributed by atoms with Crippen LogP contribution in [0.5, 0.6) is 0 Å². The lowest BCUT2D eigenvalue weighted by Crippen LogP contribution is -2.41. The molecule has 0 bridgehead atoms. The molecule has 7 heteroatoms. The molecule has 122 valence electrons. The number of benzene rings is 1. The van der Waals surface area contributed by atoms with Crippen LogP contribution < -0.4 is 5.32 Å². The number of rotatable bonds is 6. The molecule has 1 aliphatic carbocycles. The van der Waals surface area contributed by atoms with Gasteiger partial charge in [-0.25, -0.2) is 4.68 Å². The van der Waals surface area contributed by atoms with Crippen LogP contribution in [0.25, 0.3) is 5.69 Å². The lowest BCUT2D eigenvalue weighted by Gasteiger charge is -2.24. The zero-order valence-corrected chi connectivity index (χ0v) is 14.0. The minimum atomic E-state index is -0.223. The van der Waals surface area contributed by atoms with E-state index in [1.165, 1.54) is 17.5 Å². The average Bonchev–Trinajstić information content (AvgIpc) is 3.29. The third-order valence-electron chi connectivity index (χ3n) is 4.20. The quantitative estimate of drug-likeness (QED) is 0.879. The predicted octanol–water partition coefficient (Wildman–Crippen LogP) is 2.13. The molecule has 1 fully saturated rings. The van der Waals surface area contributed by atoms with Crippen LogP contribution in [0, 0.1) is 0 Å². The van der Waals surface area contributed by atoms with Crippen molar-refractivity contribution in [3.63, 3.8) is 0 Å². The van der Waals surface area contributed by atoms with E-state index < -0.39 is 0 Å². The number of carbonyl (C=O) groups is 1. The molecule has 1 aromatic heterocycles. The first-order chi connectivity index (χ1) is 11.1. The highest BCUT2D eigenvalue weighted by Crippen LogP contribution is 2.26. The van der Waals surface area contributed by atoms with E-state index in [-0.39, 0.29) is 11.6 Å². The van der Waals surface area contributed by atoms with Gasteiger partial charge in [-0.2, -0.15) is 0 Å². The maximum Gasteiger partial charge on any atom is 0.273 e. The molecule has 6 nitrogen and oxygen atoms in total. The second-order valence-electron chi connectivity index (χ2n) is 5.96. The molecule has 0 saturated heterocycles. The molecule has 3 rings (SSSR count). The summed E-state index contributed by atoms with van der Waals surface area (Å²) in [6, 6.07) is 8.26. The van der Waals surface area contributed by atoms with Gasteiger partial charge in [0.1, 0.15) is 0 Å².